The molecule has 1 saturated carbocycles. The van der Waals surface area contributed by atoms with Gasteiger partial charge in [0.05, 0.1) is 16.7 Å². The van der Waals surface area contributed by atoms with Crippen molar-refractivity contribution in [2.45, 2.75) is 84.0 Å². The standard InChI is InChI=1S/C34H46ClN7O4/c1-23-29(11-5-25(21-36)31(23)35)45-27-8-6-26(7-9-27)37-32(43)28-10-12-30(39-38-28)41-15-13-24(14-16-41)22-40-17-19-42(20-18-40)33(44)46-34(2,3)4/h5,10-12,24,26-27H,6-9,13-20,22H2,1-4H3,(H,37,43). The second-order valence-electron chi connectivity index (χ2n) is 13.7. The van der Waals surface area contributed by atoms with Gasteiger partial charge < -0.3 is 24.6 Å². The minimum Gasteiger partial charge on any atom is -0.490 e. The molecule has 1 aliphatic carbocycles. The van der Waals surface area contributed by atoms with E-state index in [2.05, 4.69) is 31.4 Å². The number of hydrogen-bond donors (Lipinski definition) is 1. The molecule has 1 aromatic heterocycles. The van der Waals surface area contributed by atoms with E-state index >= 15 is 0 Å². The summed E-state index contributed by atoms with van der Waals surface area (Å²) in [6, 6.07) is 9.30. The highest BCUT2D eigenvalue weighted by Crippen LogP contribution is 2.32. The Balaban J connectivity index is 1.01. The number of rotatable bonds is 7. The zero-order valence-electron chi connectivity index (χ0n) is 27.4. The fourth-order valence-corrected chi connectivity index (χ4v) is 6.61. The smallest absolute Gasteiger partial charge is 0.410 e. The van der Waals surface area contributed by atoms with Crippen LogP contribution in [0.3, 0.4) is 0 Å². The van der Waals surface area contributed by atoms with E-state index in [0.29, 0.717) is 41.0 Å². The minimum atomic E-state index is -0.471. The van der Waals surface area contributed by atoms with Crippen LogP contribution in [0.4, 0.5) is 10.6 Å². The summed E-state index contributed by atoms with van der Waals surface area (Å²) >= 11 is 6.29. The maximum Gasteiger partial charge on any atom is 0.410 e. The van der Waals surface area contributed by atoms with Crippen molar-refractivity contribution in [3.63, 3.8) is 0 Å². The van der Waals surface area contributed by atoms with Crippen molar-refractivity contribution in [1.29, 1.82) is 5.26 Å². The number of nitrogens with zero attached hydrogens (tertiary/aromatic N) is 6. The van der Waals surface area contributed by atoms with Gasteiger partial charge in [-0.3, -0.25) is 9.69 Å². The van der Waals surface area contributed by atoms with Gasteiger partial charge in [0.2, 0.25) is 0 Å². The van der Waals surface area contributed by atoms with E-state index in [-0.39, 0.29) is 24.1 Å². The Bertz CT molecular complexity index is 1400. The number of carbonyl (C=O) groups excluding carboxylic acids is 2. The van der Waals surface area contributed by atoms with Gasteiger partial charge in [-0.05, 0) is 96.4 Å². The summed E-state index contributed by atoms with van der Waals surface area (Å²) in [5.74, 6) is 1.90. The predicted octanol–water partition coefficient (Wildman–Crippen LogP) is 5.20. The molecule has 0 spiro atoms. The molecule has 1 N–H and O–H groups in total. The van der Waals surface area contributed by atoms with E-state index in [1.807, 2.05) is 38.7 Å². The van der Waals surface area contributed by atoms with E-state index in [1.165, 1.54) is 0 Å². The summed E-state index contributed by atoms with van der Waals surface area (Å²) < 4.78 is 11.7. The van der Waals surface area contributed by atoms with Gasteiger partial charge in [0, 0.05) is 57.4 Å². The Kier molecular flexibility index (Phi) is 10.9. The van der Waals surface area contributed by atoms with Crippen molar-refractivity contribution in [1.82, 2.24) is 25.3 Å². The third kappa shape index (κ3) is 8.80. The monoisotopic (exact) mass is 651 g/mol. The van der Waals surface area contributed by atoms with Gasteiger partial charge in [-0.25, -0.2) is 4.79 Å². The molecule has 3 fully saturated rings. The molecule has 0 bridgehead atoms. The van der Waals surface area contributed by atoms with Crippen LogP contribution in [-0.2, 0) is 4.74 Å². The van der Waals surface area contributed by atoms with E-state index in [4.69, 9.17) is 21.1 Å². The van der Waals surface area contributed by atoms with Gasteiger partial charge >= 0.3 is 6.09 Å². The number of nitrogens with one attached hydrogen (secondary N) is 1. The highest BCUT2D eigenvalue weighted by molar-refractivity contribution is 6.32. The third-order valence-corrected chi connectivity index (χ3v) is 9.61. The lowest BCUT2D eigenvalue weighted by atomic mass is 9.92. The van der Waals surface area contributed by atoms with Crippen LogP contribution in [0, 0.1) is 24.2 Å². The Hall–Kier alpha value is -3.62. The SMILES string of the molecule is Cc1c(OC2CCC(NC(=O)c3ccc(N4CCC(CN5CCN(C(=O)OC(C)(C)C)CC5)CC4)nn3)CC2)ccc(C#N)c1Cl. The lowest BCUT2D eigenvalue weighted by Gasteiger charge is -2.39. The second kappa shape index (κ2) is 14.9. The molecular weight excluding hydrogens is 606 g/mol. The molecule has 3 aliphatic rings. The van der Waals surface area contributed by atoms with Crippen LogP contribution >= 0.6 is 11.6 Å². The van der Waals surface area contributed by atoms with Crippen molar-refractivity contribution < 1.29 is 19.1 Å². The van der Waals surface area contributed by atoms with Gasteiger partial charge in [-0.15, -0.1) is 10.2 Å². The number of hydrogen-bond acceptors (Lipinski definition) is 9. The highest BCUT2D eigenvalue weighted by Gasteiger charge is 2.29. The van der Waals surface area contributed by atoms with Crippen molar-refractivity contribution in [3.05, 3.63) is 46.1 Å². The lowest BCUT2D eigenvalue weighted by molar-refractivity contribution is 0.0130. The first-order valence-corrected chi connectivity index (χ1v) is 16.8. The average Bonchev–Trinajstić information content (AvgIpc) is 3.04. The van der Waals surface area contributed by atoms with Gasteiger partial charge in [-0.2, -0.15) is 5.26 Å². The van der Waals surface area contributed by atoms with E-state index in [9.17, 15) is 14.9 Å². The van der Waals surface area contributed by atoms with Gasteiger partial charge in [0.25, 0.3) is 5.91 Å². The van der Waals surface area contributed by atoms with Crippen molar-refractivity contribution in [2.75, 3.05) is 50.7 Å². The topological polar surface area (TPSA) is 124 Å². The minimum absolute atomic E-state index is 0.0356. The van der Waals surface area contributed by atoms with Crippen molar-refractivity contribution >= 4 is 29.4 Å². The molecule has 2 aromatic rings. The predicted molar refractivity (Wildman–Crippen MR) is 176 cm³/mol. The Morgan fingerprint density at radius 1 is 0.978 bits per heavy atom. The first kappa shape index (κ1) is 33.7. The number of carbonyl (C=O) groups is 2. The number of benzene rings is 1. The Labute approximate surface area is 277 Å². The molecule has 3 heterocycles. The van der Waals surface area contributed by atoms with Crippen LogP contribution in [-0.4, -0.2) is 95.6 Å². The van der Waals surface area contributed by atoms with Crippen LogP contribution < -0.4 is 15.0 Å². The average molecular weight is 652 g/mol. The number of anilines is 1. The Morgan fingerprint density at radius 3 is 2.28 bits per heavy atom. The van der Waals surface area contributed by atoms with E-state index in [1.54, 1.807) is 18.2 Å². The molecule has 1 aromatic carbocycles. The number of ether oxygens (including phenoxy) is 2. The van der Waals surface area contributed by atoms with Gasteiger partial charge in [-0.1, -0.05) is 11.6 Å². The van der Waals surface area contributed by atoms with Crippen LogP contribution in [0.25, 0.3) is 0 Å². The number of nitriles is 1. The molecule has 2 saturated heterocycles. The van der Waals surface area contributed by atoms with Crippen LogP contribution in [0.5, 0.6) is 5.75 Å². The molecular formula is C34H46ClN7O4. The zero-order chi connectivity index (χ0) is 32.8. The molecule has 2 amide bonds. The summed E-state index contributed by atoms with van der Waals surface area (Å²) in [5.41, 5.74) is 1.07. The number of piperidine rings is 1. The molecule has 11 nitrogen and oxygen atoms in total. The second-order valence-corrected chi connectivity index (χ2v) is 14.1. The first-order valence-electron chi connectivity index (χ1n) is 16.4. The summed E-state index contributed by atoms with van der Waals surface area (Å²) in [6.07, 6.45) is 5.18. The summed E-state index contributed by atoms with van der Waals surface area (Å²) in [5, 5.41) is 21.4. The first-order chi connectivity index (χ1) is 22.0. The summed E-state index contributed by atoms with van der Waals surface area (Å²) in [4.78, 5) is 31.8. The maximum absolute atomic E-state index is 12.9. The third-order valence-electron chi connectivity index (χ3n) is 9.12. The maximum atomic E-state index is 12.9. The fraction of sp³-hybridized carbons (Fsp3) is 0.618. The molecule has 0 atom stereocenters. The number of amides is 2. The molecule has 0 unspecified atom stereocenters. The zero-order valence-corrected chi connectivity index (χ0v) is 28.2. The van der Waals surface area contributed by atoms with Gasteiger partial charge in [0.1, 0.15) is 17.4 Å². The van der Waals surface area contributed by atoms with Crippen LogP contribution in [0.15, 0.2) is 24.3 Å². The molecule has 5 rings (SSSR count). The summed E-state index contributed by atoms with van der Waals surface area (Å²) in [7, 11) is 0. The molecule has 248 valence electrons. The number of halogens is 1. The van der Waals surface area contributed by atoms with Crippen LogP contribution in [0.1, 0.15) is 80.9 Å². The quantitative estimate of drug-likeness (QED) is 0.430. The fourth-order valence-electron chi connectivity index (χ4n) is 6.41. The summed E-state index contributed by atoms with van der Waals surface area (Å²) in [6.45, 7) is 13.6. The van der Waals surface area contributed by atoms with E-state index in [0.717, 1.165) is 82.6 Å². The molecule has 12 heteroatoms. The highest BCUT2D eigenvalue weighted by atomic mass is 35.5. The van der Waals surface area contributed by atoms with Crippen LogP contribution in [0.2, 0.25) is 5.02 Å². The van der Waals surface area contributed by atoms with E-state index < -0.39 is 5.60 Å². The van der Waals surface area contributed by atoms with Crippen molar-refractivity contribution in [2.24, 2.45) is 5.92 Å². The largest absolute Gasteiger partial charge is 0.490 e. The van der Waals surface area contributed by atoms with Crippen molar-refractivity contribution in [3.8, 4) is 11.8 Å². The molecule has 2 aliphatic heterocycles. The molecule has 0 radical (unpaired) electrons. The Morgan fingerprint density at radius 2 is 1.67 bits per heavy atom. The lowest BCUT2D eigenvalue weighted by Crippen LogP contribution is -2.51. The normalized spacial score (nSPS) is 21.4. The molecule has 46 heavy (non-hydrogen) atoms. The van der Waals surface area contributed by atoms with Gasteiger partial charge in [0.15, 0.2) is 11.5 Å². The number of piperazine rings is 1. The number of aromatic nitrogens is 2.